The minimum atomic E-state index is -1.15. The highest BCUT2D eigenvalue weighted by molar-refractivity contribution is 5.90. The van der Waals surface area contributed by atoms with Crippen LogP contribution in [-0.2, 0) is 16.0 Å². The summed E-state index contributed by atoms with van der Waals surface area (Å²) in [5.74, 6) is -1.35. The molecule has 0 fully saturated rings. The van der Waals surface area contributed by atoms with Crippen LogP contribution in [0.5, 0.6) is 17.2 Å². The van der Waals surface area contributed by atoms with Crippen molar-refractivity contribution >= 4 is 12.0 Å². The maximum absolute atomic E-state index is 13.5. The van der Waals surface area contributed by atoms with Crippen LogP contribution in [0, 0.1) is 5.82 Å². The Morgan fingerprint density at radius 2 is 1.83 bits per heavy atom. The summed E-state index contributed by atoms with van der Waals surface area (Å²) in [4.78, 5) is 11.3. The lowest BCUT2D eigenvalue weighted by molar-refractivity contribution is -0.136. The van der Waals surface area contributed by atoms with E-state index in [2.05, 4.69) is 6.92 Å². The van der Waals surface area contributed by atoms with E-state index in [4.69, 9.17) is 14.2 Å². The van der Waals surface area contributed by atoms with E-state index in [9.17, 15) is 19.4 Å². The molecule has 162 valence electrons. The molecule has 0 unspecified atom stereocenters. The number of ether oxygens (including phenoxy) is 3. The number of benzene rings is 2. The number of phenols is 1. The average Bonchev–Trinajstić information content (AvgIpc) is 2.72. The number of hydrogen-bond donors (Lipinski definition) is 2. The largest absolute Gasteiger partial charge is 0.505 e. The number of carboxylic acids is 1. The van der Waals surface area contributed by atoms with Crippen LogP contribution in [0.2, 0.25) is 0 Å². The lowest BCUT2D eigenvalue weighted by Crippen LogP contribution is -2.06. The van der Waals surface area contributed by atoms with E-state index in [1.165, 1.54) is 18.2 Å². The topological polar surface area (TPSA) is 85.2 Å². The first-order valence-corrected chi connectivity index (χ1v) is 9.89. The first kappa shape index (κ1) is 23.1. The Morgan fingerprint density at radius 1 is 1.07 bits per heavy atom. The molecule has 2 rings (SSSR count). The number of carbonyl (C=O) groups is 1. The maximum Gasteiger partial charge on any atom is 0.371 e. The summed E-state index contributed by atoms with van der Waals surface area (Å²) in [6, 6.07) is 9.33. The first-order chi connectivity index (χ1) is 14.4. The minimum Gasteiger partial charge on any atom is -0.505 e. The molecule has 0 aromatic heterocycles. The zero-order valence-electron chi connectivity index (χ0n) is 17.2. The molecule has 0 spiro atoms. The molecule has 0 bridgehead atoms. The average molecular weight is 418 g/mol. The Kier molecular flexibility index (Phi) is 9.00. The highest BCUT2D eigenvalue weighted by Crippen LogP contribution is 2.30. The van der Waals surface area contributed by atoms with Gasteiger partial charge in [-0.1, -0.05) is 25.5 Å². The number of hydrogen-bond acceptors (Lipinski definition) is 5. The van der Waals surface area contributed by atoms with Crippen molar-refractivity contribution in [3.05, 3.63) is 59.1 Å². The van der Waals surface area contributed by atoms with Gasteiger partial charge < -0.3 is 24.4 Å². The lowest BCUT2D eigenvalue weighted by Gasteiger charge is -2.14. The highest BCUT2D eigenvalue weighted by Gasteiger charge is 2.11. The summed E-state index contributed by atoms with van der Waals surface area (Å²) in [5.41, 5.74) is 1.31. The molecular formula is C23H27FO6. The second-order valence-corrected chi connectivity index (χ2v) is 6.54. The Morgan fingerprint density at radius 3 is 2.50 bits per heavy atom. The van der Waals surface area contributed by atoms with Crippen LogP contribution in [0.15, 0.2) is 42.2 Å². The lowest BCUT2D eigenvalue weighted by atomic mass is 10.1. The van der Waals surface area contributed by atoms with Crippen LogP contribution < -0.4 is 9.47 Å². The third-order valence-corrected chi connectivity index (χ3v) is 4.19. The van der Waals surface area contributed by atoms with Crippen LogP contribution in [0.25, 0.3) is 6.08 Å². The number of unbranched alkanes of at least 4 members (excludes halogenated alkanes) is 1. The van der Waals surface area contributed by atoms with E-state index in [-0.39, 0.29) is 24.7 Å². The molecule has 0 amide bonds. The smallest absolute Gasteiger partial charge is 0.371 e. The van der Waals surface area contributed by atoms with Gasteiger partial charge in [0.05, 0.1) is 19.8 Å². The van der Waals surface area contributed by atoms with E-state index in [0.717, 1.165) is 12.8 Å². The van der Waals surface area contributed by atoms with Crippen molar-refractivity contribution in [1.29, 1.82) is 0 Å². The monoisotopic (exact) mass is 418 g/mol. The van der Waals surface area contributed by atoms with Gasteiger partial charge in [-0.15, -0.1) is 0 Å². The fourth-order valence-corrected chi connectivity index (χ4v) is 2.63. The molecule has 2 aromatic carbocycles. The standard InChI is InChI=1S/C23H27FO6/c1-3-5-11-29-21-14-17(15-22(23(26)27)28-4-2)7-9-20(21)30-12-10-16-6-8-19(25)18(24)13-16/h6-9,13-15,25H,3-5,10-12H2,1-2H3,(H,26,27)/b22-15+. The molecule has 0 atom stereocenters. The van der Waals surface area contributed by atoms with Crippen LogP contribution >= 0.6 is 0 Å². The zero-order valence-corrected chi connectivity index (χ0v) is 17.2. The molecule has 0 aliphatic rings. The van der Waals surface area contributed by atoms with Crippen LogP contribution in [0.1, 0.15) is 37.8 Å². The minimum absolute atomic E-state index is 0.153. The van der Waals surface area contributed by atoms with Crippen molar-refractivity contribution in [3.8, 4) is 17.2 Å². The van der Waals surface area contributed by atoms with Gasteiger partial charge >= 0.3 is 5.97 Å². The van der Waals surface area contributed by atoms with Gasteiger partial charge in [0.15, 0.2) is 23.1 Å². The van der Waals surface area contributed by atoms with Crippen molar-refractivity contribution in [2.45, 2.75) is 33.1 Å². The molecular weight excluding hydrogens is 391 g/mol. The number of phenolic OH excluding ortho intramolecular Hbond substituents is 1. The first-order valence-electron chi connectivity index (χ1n) is 9.89. The van der Waals surface area contributed by atoms with Gasteiger partial charge in [0, 0.05) is 6.42 Å². The fraction of sp³-hybridized carbons (Fsp3) is 0.348. The van der Waals surface area contributed by atoms with Crippen LogP contribution in [-0.4, -0.2) is 36.0 Å². The predicted molar refractivity (Wildman–Crippen MR) is 111 cm³/mol. The van der Waals surface area contributed by atoms with Gasteiger partial charge in [0.1, 0.15) is 0 Å². The summed E-state index contributed by atoms with van der Waals surface area (Å²) in [6.07, 6.45) is 3.71. The fourth-order valence-electron chi connectivity index (χ4n) is 2.63. The summed E-state index contributed by atoms with van der Waals surface area (Å²) in [5, 5.41) is 18.5. The summed E-state index contributed by atoms with van der Waals surface area (Å²) >= 11 is 0. The van der Waals surface area contributed by atoms with Crippen molar-refractivity contribution in [3.63, 3.8) is 0 Å². The second kappa shape index (κ2) is 11.7. The van der Waals surface area contributed by atoms with Gasteiger partial charge in [-0.3, -0.25) is 0 Å². The quantitative estimate of drug-likeness (QED) is 0.293. The molecule has 30 heavy (non-hydrogen) atoms. The summed E-state index contributed by atoms with van der Waals surface area (Å²) < 4.78 is 30.2. The molecule has 0 aliphatic heterocycles. The van der Waals surface area contributed by atoms with Gasteiger partial charge in [0.25, 0.3) is 0 Å². The summed E-state index contributed by atoms with van der Waals surface area (Å²) in [6.45, 7) is 4.80. The molecule has 0 saturated heterocycles. The van der Waals surface area contributed by atoms with Gasteiger partial charge in [-0.2, -0.15) is 0 Å². The Hall–Kier alpha value is -3.22. The van der Waals surface area contributed by atoms with Crippen molar-refractivity contribution in [1.82, 2.24) is 0 Å². The number of rotatable bonds is 12. The molecule has 2 aromatic rings. The number of aliphatic carboxylic acids is 1. The third-order valence-electron chi connectivity index (χ3n) is 4.19. The van der Waals surface area contributed by atoms with Gasteiger partial charge in [-0.25, -0.2) is 9.18 Å². The maximum atomic E-state index is 13.5. The Labute approximate surface area is 175 Å². The molecule has 0 heterocycles. The van der Waals surface area contributed by atoms with Gasteiger partial charge in [-0.05, 0) is 54.8 Å². The van der Waals surface area contributed by atoms with E-state index in [0.29, 0.717) is 35.7 Å². The molecule has 0 radical (unpaired) electrons. The zero-order chi connectivity index (χ0) is 21.9. The van der Waals surface area contributed by atoms with Crippen LogP contribution in [0.4, 0.5) is 4.39 Å². The Bertz CT molecular complexity index is 878. The number of halogens is 1. The molecule has 6 nitrogen and oxygen atoms in total. The molecule has 0 aliphatic carbocycles. The Balaban J connectivity index is 2.15. The molecule has 7 heteroatoms. The second-order valence-electron chi connectivity index (χ2n) is 6.54. The van der Waals surface area contributed by atoms with Crippen LogP contribution in [0.3, 0.4) is 0 Å². The predicted octanol–water partition coefficient (Wildman–Crippen LogP) is 4.79. The van der Waals surface area contributed by atoms with Gasteiger partial charge in [0.2, 0.25) is 5.76 Å². The van der Waals surface area contributed by atoms with E-state index in [1.54, 1.807) is 31.2 Å². The third kappa shape index (κ3) is 6.99. The van der Waals surface area contributed by atoms with Crippen molar-refractivity contribution in [2.24, 2.45) is 0 Å². The molecule has 2 N–H and O–H groups in total. The van der Waals surface area contributed by atoms with Crippen molar-refractivity contribution in [2.75, 3.05) is 19.8 Å². The molecule has 0 saturated carbocycles. The van der Waals surface area contributed by atoms with Crippen molar-refractivity contribution < 1.29 is 33.6 Å². The number of aromatic hydroxyl groups is 1. The van der Waals surface area contributed by atoms with E-state index >= 15 is 0 Å². The summed E-state index contributed by atoms with van der Waals surface area (Å²) in [7, 11) is 0. The SMILES string of the molecule is CCCCOc1cc(/C=C(/OCC)C(=O)O)ccc1OCCc1ccc(O)c(F)c1. The number of carboxylic acid groups (broad SMARTS) is 1. The van der Waals surface area contributed by atoms with E-state index in [1.807, 2.05) is 0 Å². The van der Waals surface area contributed by atoms with E-state index < -0.39 is 11.8 Å². The normalized spacial score (nSPS) is 11.2. The highest BCUT2D eigenvalue weighted by atomic mass is 19.1.